The Bertz CT molecular complexity index is 359. The van der Waals surface area contributed by atoms with E-state index in [-0.39, 0.29) is 0 Å². The number of para-hydroxylation sites is 1. The van der Waals surface area contributed by atoms with Gasteiger partial charge >= 0.3 is 0 Å². The number of benzene rings is 1. The fourth-order valence-corrected chi connectivity index (χ4v) is 3.92. The number of thioether (sulfide) groups is 1. The van der Waals surface area contributed by atoms with Crippen LogP contribution in [0.4, 0.5) is 0 Å². The second kappa shape index (κ2) is 2.93. The van der Waals surface area contributed by atoms with Crippen molar-refractivity contribution in [2.75, 3.05) is 12.9 Å². The van der Waals surface area contributed by atoms with Gasteiger partial charge < -0.3 is 4.74 Å². The molecule has 0 N–H and O–H groups in total. The number of ether oxygens (including phenoxy) is 1. The van der Waals surface area contributed by atoms with Gasteiger partial charge in [0.05, 0.1) is 11.4 Å². The first-order valence-corrected chi connectivity index (χ1v) is 6.37. The predicted molar refractivity (Wildman–Crippen MR) is 59.9 cm³/mol. The van der Waals surface area contributed by atoms with Gasteiger partial charge in [0, 0.05) is 11.5 Å². The van der Waals surface area contributed by atoms with Gasteiger partial charge in [0.25, 0.3) is 0 Å². The zero-order valence-corrected chi connectivity index (χ0v) is 9.14. The van der Waals surface area contributed by atoms with Gasteiger partial charge in [-0.3, -0.25) is 0 Å². The summed E-state index contributed by atoms with van der Waals surface area (Å²) in [5, 5.41) is 0. The lowest BCUT2D eigenvalue weighted by molar-refractivity contribution is 0.1000. The molecule has 0 radical (unpaired) electrons. The van der Waals surface area contributed by atoms with E-state index in [1.807, 2.05) is 11.8 Å². The Morgan fingerprint density at radius 3 is 3.00 bits per heavy atom. The molecule has 1 aromatic rings. The summed E-state index contributed by atoms with van der Waals surface area (Å²) in [6.45, 7) is 0.915. The Morgan fingerprint density at radius 2 is 2.29 bits per heavy atom. The van der Waals surface area contributed by atoms with Crippen molar-refractivity contribution < 1.29 is 4.74 Å². The van der Waals surface area contributed by atoms with Gasteiger partial charge in [0.2, 0.25) is 0 Å². The highest BCUT2D eigenvalue weighted by Crippen LogP contribution is 2.59. The van der Waals surface area contributed by atoms with E-state index in [1.54, 1.807) is 0 Å². The summed E-state index contributed by atoms with van der Waals surface area (Å²) >= 11 is 2.01. The number of rotatable bonds is 1. The number of fused-ring (bicyclic) bond motifs is 3. The van der Waals surface area contributed by atoms with Gasteiger partial charge in [-0.25, -0.2) is 0 Å². The van der Waals surface area contributed by atoms with E-state index in [0.717, 1.165) is 18.3 Å². The standard InChI is InChI=1S/C12H14OS/c1-14-12-7-6-9(12)8-13-11-5-3-2-4-10(11)12/h2-5,9H,6-8H2,1H3. The van der Waals surface area contributed by atoms with Crippen molar-refractivity contribution >= 4 is 11.8 Å². The molecule has 14 heavy (non-hydrogen) atoms. The second-order valence-corrected chi connectivity index (χ2v) is 5.27. The quantitative estimate of drug-likeness (QED) is 0.698. The van der Waals surface area contributed by atoms with Gasteiger partial charge in [-0.2, -0.15) is 11.8 Å². The molecule has 2 aliphatic rings. The van der Waals surface area contributed by atoms with E-state index < -0.39 is 0 Å². The first kappa shape index (κ1) is 8.66. The summed E-state index contributed by atoms with van der Waals surface area (Å²) in [7, 11) is 0. The lowest BCUT2D eigenvalue weighted by Crippen LogP contribution is -2.47. The summed E-state index contributed by atoms with van der Waals surface area (Å²) in [6, 6.07) is 8.52. The van der Waals surface area contributed by atoms with Crippen LogP contribution in [-0.4, -0.2) is 12.9 Å². The lowest BCUT2D eigenvalue weighted by Gasteiger charge is -2.52. The fourth-order valence-electron chi connectivity index (χ4n) is 2.69. The van der Waals surface area contributed by atoms with Crippen LogP contribution in [0, 0.1) is 5.92 Å². The summed E-state index contributed by atoms with van der Waals surface area (Å²) in [4.78, 5) is 0. The van der Waals surface area contributed by atoms with Gasteiger partial charge in [0.15, 0.2) is 0 Å². The van der Waals surface area contributed by atoms with Crippen molar-refractivity contribution in [2.24, 2.45) is 5.92 Å². The summed E-state index contributed by atoms with van der Waals surface area (Å²) in [5.41, 5.74) is 1.43. The van der Waals surface area contributed by atoms with Crippen LogP contribution in [0.1, 0.15) is 18.4 Å². The average molecular weight is 206 g/mol. The Labute approximate surface area is 88.8 Å². The molecule has 1 nitrogen and oxygen atoms in total. The summed E-state index contributed by atoms with van der Waals surface area (Å²) in [5.74, 6) is 1.85. The van der Waals surface area contributed by atoms with Crippen LogP contribution in [0.25, 0.3) is 0 Å². The Balaban J connectivity index is 2.13. The summed E-state index contributed by atoms with van der Waals surface area (Å²) < 4.78 is 6.15. The van der Waals surface area contributed by atoms with E-state index in [2.05, 4.69) is 30.5 Å². The molecule has 0 saturated heterocycles. The molecule has 0 amide bonds. The third kappa shape index (κ3) is 0.924. The van der Waals surface area contributed by atoms with Crippen LogP contribution in [0.15, 0.2) is 24.3 Å². The van der Waals surface area contributed by atoms with Crippen molar-refractivity contribution in [3.63, 3.8) is 0 Å². The Hall–Kier alpha value is -0.630. The van der Waals surface area contributed by atoms with Crippen LogP contribution < -0.4 is 4.74 Å². The molecule has 0 aromatic heterocycles. The SMILES string of the molecule is CSC12CCC1COc1ccccc12. The molecule has 1 aliphatic heterocycles. The van der Waals surface area contributed by atoms with Crippen LogP contribution in [0.2, 0.25) is 0 Å². The van der Waals surface area contributed by atoms with E-state index in [9.17, 15) is 0 Å². The molecule has 2 unspecified atom stereocenters. The normalized spacial score (nSPS) is 33.6. The molecule has 3 rings (SSSR count). The molecule has 1 aromatic carbocycles. The minimum atomic E-state index is 0.384. The highest BCUT2D eigenvalue weighted by Gasteiger charge is 2.51. The van der Waals surface area contributed by atoms with Crippen LogP contribution >= 0.6 is 11.8 Å². The van der Waals surface area contributed by atoms with E-state index in [4.69, 9.17) is 4.74 Å². The Morgan fingerprint density at radius 1 is 1.43 bits per heavy atom. The maximum Gasteiger partial charge on any atom is 0.123 e. The highest BCUT2D eigenvalue weighted by atomic mass is 32.2. The topological polar surface area (TPSA) is 9.23 Å². The molecular weight excluding hydrogens is 192 g/mol. The molecule has 2 atom stereocenters. The van der Waals surface area contributed by atoms with Gasteiger partial charge in [-0.05, 0) is 25.2 Å². The zero-order valence-electron chi connectivity index (χ0n) is 8.32. The first-order chi connectivity index (χ1) is 6.87. The van der Waals surface area contributed by atoms with Crippen LogP contribution in [0.5, 0.6) is 5.75 Å². The van der Waals surface area contributed by atoms with Crippen molar-refractivity contribution in [1.82, 2.24) is 0 Å². The molecule has 1 heterocycles. The lowest BCUT2D eigenvalue weighted by atomic mass is 9.68. The summed E-state index contributed by atoms with van der Waals surface area (Å²) in [6.07, 6.45) is 4.88. The first-order valence-electron chi connectivity index (χ1n) is 5.14. The molecular formula is C12H14OS. The molecule has 1 saturated carbocycles. The second-order valence-electron chi connectivity index (χ2n) is 4.14. The maximum atomic E-state index is 5.77. The van der Waals surface area contributed by atoms with E-state index in [0.29, 0.717) is 4.75 Å². The minimum Gasteiger partial charge on any atom is -0.493 e. The minimum absolute atomic E-state index is 0.384. The molecule has 0 bridgehead atoms. The van der Waals surface area contributed by atoms with Gasteiger partial charge in [0.1, 0.15) is 5.75 Å². The molecule has 2 heteroatoms. The van der Waals surface area contributed by atoms with Crippen molar-refractivity contribution in [1.29, 1.82) is 0 Å². The average Bonchev–Trinajstić information content (AvgIpc) is 2.19. The van der Waals surface area contributed by atoms with Crippen LogP contribution in [0.3, 0.4) is 0 Å². The molecule has 1 fully saturated rings. The zero-order chi connectivity index (χ0) is 9.60. The van der Waals surface area contributed by atoms with E-state index >= 15 is 0 Å². The van der Waals surface area contributed by atoms with Crippen molar-refractivity contribution in [3.05, 3.63) is 29.8 Å². The number of hydrogen-bond donors (Lipinski definition) is 0. The van der Waals surface area contributed by atoms with Crippen molar-refractivity contribution in [3.8, 4) is 5.75 Å². The highest BCUT2D eigenvalue weighted by molar-refractivity contribution is 7.99. The van der Waals surface area contributed by atoms with Gasteiger partial charge in [-0.1, -0.05) is 18.2 Å². The third-order valence-corrected chi connectivity index (χ3v) is 5.16. The van der Waals surface area contributed by atoms with Crippen molar-refractivity contribution in [2.45, 2.75) is 17.6 Å². The van der Waals surface area contributed by atoms with Gasteiger partial charge in [-0.15, -0.1) is 0 Å². The fraction of sp³-hybridized carbons (Fsp3) is 0.500. The largest absolute Gasteiger partial charge is 0.493 e. The maximum absolute atomic E-state index is 5.77. The van der Waals surface area contributed by atoms with Crippen LogP contribution in [-0.2, 0) is 4.75 Å². The third-order valence-electron chi connectivity index (χ3n) is 3.67. The molecule has 74 valence electrons. The van der Waals surface area contributed by atoms with E-state index in [1.165, 1.54) is 18.4 Å². The Kier molecular flexibility index (Phi) is 1.81. The number of hydrogen-bond acceptors (Lipinski definition) is 2. The molecule has 0 spiro atoms. The smallest absolute Gasteiger partial charge is 0.123 e. The predicted octanol–water partition coefficient (Wildman–Crippen LogP) is 3.05. The molecule has 1 aliphatic carbocycles. The monoisotopic (exact) mass is 206 g/mol.